The van der Waals surface area contributed by atoms with Gasteiger partial charge >= 0.3 is 5.69 Å². The molecule has 25 heavy (non-hydrogen) atoms. The minimum atomic E-state index is -0.671. The number of nitrogens with one attached hydrogen (secondary N) is 1. The van der Waals surface area contributed by atoms with E-state index >= 15 is 0 Å². The van der Waals surface area contributed by atoms with Crippen molar-refractivity contribution in [1.82, 2.24) is 4.98 Å². The minimum Gasteiger partial charge on any atom is -0.502 e. The minimum absolute atomic E-state index is 0.315. The molecule has 0 amide bonds. The molecule has 9 heteroatoms. The lowest BCUT2D eigenvalue weighted by Crippen LogP contribution is -1.93. The van der Waals surface area contributed by atoms with Crippen LogP contribution in [0.25, 0.3) is 11.3 Å². The SMILES string of the molecule is O=[N+]([O-])c1cc(/C=N\Nc2nc(-c3ccc(F)cc3)cs2)ccc1O. The number of phenols is 1. The van der Waals surface area contributed by atoms with Gasteiger partial charge in [0, 0.05) is 22.6 Å². The van der Waals surface area contributed by atoms with E-state index in [9.17, 15) is 19.6 Å². The number of phenolic OH excluding ortho intramolecular Hbond substituents is 1. The van der Waals surface area contributed by atoms with E-state index in [0.29, 0.717) is 16.4 Å². The normalized spacial score (nSPS) is 10.9. The zero-order valence-electron chi connectivity index (χ0n) is 12.6. The second kappa shape index (κ2) is 7.05. The third-order valence-electron chi connectivity index (χ3n) is 3.21. The number of aromatic nitrogens is 1. The van der Waals surface area contributed by atoms with Gasteiger partial charge in [-0.25, -0.2) is 9.37 Å². The lowest BCUT2D eigenvalue weighted by atomic mass is 10.2. The van der Waals surface area contributed by atoms with Gasteiger partial charge in [0.1, 0.15) is 5.82 Å². The largest absolute Gasteiger partial charge is 0.502 e. The van der Waals surface area contributed by atoms with Gasteiger partial charge in [0.15, 0.2) is 5.75 Å². The number of aromatic hydroxyl groups is 1. The van der Waals surface area contributed by atoms with E-state index in [1.165, 1.54) is 47.9 Å². The predicted molar refractivity (Wildman–Crippen MR) is 93.5 cm³/mol. The van der Waals surface area contributed by atoms with Crippen molar-refractivity contribution < 1.29 is 14.4 Å². The van der Waals surface area contributed by atoms with Crippen LogP contribution in [-0.2, 0) is 0 Å². The Hall–Kier alpha value is -3.33. The molecule has 3 rings (SSSR count). The zero-order chi connectivity index (χ0) is 17.8. The number of nitrogens with zero attached hydrogens (tertiary/aromatic N) is 3. The summed E-state index contributed by atoms with van der Waals surface area (Å²) in [7, 11) is 0. The van der Waals surface area contributed by atoms with Gasteiger partial charge in [-0.2, -0.15) is 5.10 Å². The molecule has 7 nitrogen and oxygen atoms in total. The summed E-state index contributed by atoms with van der Waals surface area (Å²) in [6.07, 6.45) is 1.38. The number of nitro benzene ring substituents is 1. The zero-order valence-corrected chi connectivity index (χ0v) is 13.4. The molecule has 0 fully saturated rings. The first kappa shape index (κ1) is 16.5. The Morgan fingerprint density at radius 3 is 2.76 bits per heavy atom. The quantitative estimate of drug-likeness (QED) is 0.408. The first-order valence-electron chi connectivity index (χ1n) is 7.01. The molecule has 0 radical (unpaired) electrons. The maximum absolute atomic E-state index is 12.9. The van der Waals surface area contributed by atoms with Crippen LogP contribution in [-0.4, -0.2) is 21.2 Å². The maximum atomic E-state index is 12.9. The highest BCUT2D eigenvalue weighted by Crippen LogP contribution is 2.26. The van der Waals surface area contributed by atoms with E-state index in [1.54, 1.807) is 17.5 Å². The van der Waals surface area contributed by atoms with E-state index in [4.69, 9.17) is 0 Å². The fourth-order valence-electron chi connectivity index (χ4n) is 2.01. The number of benzene rings is 2. The molecule has 0 spiro atoms. The van der Waals surface area contributed by atoms with Crippen LogP contribution in [0.15, 0.2) is 52.9 Å². The lowest BCUT2D eigenvalue weighted by molar-refractivity contribution is -0.385. The number of hydrogen-bond donors (Lipinski definition) is 2. The van der Waals surface area contributed by atoms with Gasteiger partial charge in [0.25, 0.3) is 0 Å². The molecule has 1 aromatic heterocycles. The van der Waals surface area contributed by atoms with Crippen LogP contribution in [0, 0.1) is 15.9 Å². The molecule has 2 aromatic carbocycles. The Bertz CT molecular complexity index is 941. The van der Waals surface area contributed by atoms with Crippen molar-refractivity contribution in [3.8, 4) is 17.0 Å². The third kappa shape index (κ3) is 3.96. The molecule has 0 bridgehead atoms. The van der Waals surface area contributed by atoms with E-state index in [0.717, 1.165) is 5.56 Å². The Balaban J connectivity index is 1.70. The van der Waals surface area contributed by atoms with Gasteiger partial charge < -0.3 is 5.11 Å². The molecule has 0 aliphatic rings. The van der Waals surface area contributed by atoms with Gasteiger partial charge in [-0.15, -0.1) is 11.3 Å². The number of nitro groups is 1. The maximum Gasteiger partial charge on any atom is 0.311 e. The molecule has 126 valence electrons. The number of hydrogen-bond acceptors (Lipinski definition) is 7. The Kier molecular flexibility index (Phi) is 4.66. The molecule has 0 unspecified atom stereocenters. The molecular formula is C16H11FN4O3S. The fourth-order valence-corrected chi connectivity index (χ4v) is 2.68. The molecule has 0 saturated carbocycles. The summed E-state index contributed by atoms with van der Waals surface area (Å²) in [5.41, 5.74) is 4.25. The summed E-state index contributed by atoms with van der Waals surface area (Å²) < 4.78 is 12.9. The average molecular weight is 358 g/mol. The predicted octanol–water partition coefficient (Wildman–Crippen LogP) is 4.01. The summed E-state index contributed by atoms with van der Waals surface area (Å²) >= 11 is 1.32. The van der Waals surface area contributed by atoms with Crippen LogP contribution >= 0.6 is 11.3 Å². The summed E-state index contributed by atoms with van der Waals surface area (Å²) in [5, 5.41) is 26.5. The summed E-state index contributed by atoms with van der Waals surface area (Å²) in [4.78, 5) is 14.4. The van der Waals surface area contributed by atoms with Crippen LogP contribution in [0.1, 0.15) is 5.56 Å². The standard InChI is InChI=1S/C16H11FN4O3S/c17-12-4-2-11(3-5-12)13-9-25-16(19-13)20-18-8-10-1-6-15(22)14(7-10)21(23)24/h1-9,22H,(H,19,20)/b18-8-. The van der Waals surface area contributed by atoms with Crippen molar-refractivity contribution in [2.24, 2.45) is 5.10 Å². The van der Waals surface area contributed by atoms with Crippen LogP contribution in [0.4, 0.5) is 15.2 Å². The van der Waals surface area contributed by atoms with Gasteiger partial charge in [-0.1, -0.05) is 0 Å². The van der Waals surface area contributed by atoms with E-state index < -0.39 is 16.4 Å². The van der Waals surface area contributed by atoms with Crippen molar-refractivity contribution in [1.29, 1.82) is 0 Å². The smallest absolute Gasteiger partial charge is 0.311 e. The first-order chi connectivity index (χ1) is 12.0. The lowest BCUT2D eigenvalue weighted by Gasteiger charge is -1.98. The van der Waals surface area contributed by atoms with E-state index in [2.05, 4.69) is 15.5 Å². The highest BCUT2D eigenvalue weighted by molar-refractivity contribution is 7.14. The molecule has 2 N–H and O–H groups in total. The van der Waals surface area contributed by atoms with Crippen molar-refractivity contribution in [2.75, 3.05) is 5.43 Å². The number of rotatable bonds is 5. The van der Waals surface area contributed by atoms with Crippen LogP contribution in [0.3, 0.4) is 0 Å². The number of halogens is 1. The first-order valence-corrected chi connectivity index (χ1v) is 7.89. The van der Waals surface area contributed by atoms with Crippen LogP contribution in [0.5, 0.6) is 5.75 Å². The Morgan fingerprint density at radius 2 is 2.04 bits per heavy atom. The molecule has 0 aliphatic heterocycles. The summed E-state index contributed by atoms with van der Waals surface area (Å²) in [5.74, 6) is -0.719. The number of hydrazone groups is 1. The van der Waals surface area contributed by atoms with Crippen LogP contribution in [0.2, 0.25) is 0 Å². The van der Waals surface area contributed by atoms with Gasteiger partial charge in [-0.05, 0) is 36.4 Å². The monoisotopic (exact) mass is 358 g/mol. The van der Waals surface area contributed by atoms with Crippen molar-refractivity contribution in [3.63, 3.8) is 0 Å². The van der Waals surface area contributed by atoms with Crippen molar-refractivity contribution in [3.05, 3.63) is 69.3 Å². The molecule has 0 aliphatic carbocycles. The molecule has 0 atom stereocenters. The molecule has 3 aromatic rings. The van der Waals surface area contributed by atoms with E-state index in [-0.39, 0.29) is 5.82 Å². The fraction of sp³-hybridized carbons (Fsp3) is 0. The van der Waals surface area contributed by atoms with Gasteiger partial charge in [0.2, 0.25) is 5.13 Å². The van der Waals surface area contributed by atoms with Gasteiger partial charge in [0.05, 0.1) is 16.8 Å². The topological polar surface area (TPSA) is 101 Å². The number of anilines is 1. The summed E-state index contributed by atoms with van der Waals surface area (Å²) in [6, 6.07) is 9.93. The average Bonchev–Trinajstić information content (AvgIpc) is 3.05. The highest BCUT2D eigenvalue weighted by Gasteiger charge is 2.12. The highest BCUT2D eigenvalue weighted by atomic mass is 32.1. The molecule has 0 saturated heterocycles. The molecular weight excluding hydrogens is 347 g/mol. The third-order valence-corrected chi connectivity index (χ3v) is 3.96. The second-order valence-corrected chi connectivity index (χ2v) is 5.78. The molecule has 1 heterocycles. The van der Waals surface area contributed by atoms with E-state index in [1.807, 2.05) is 0 Å². The van der Waals surface area contributed by atoms with Crippen LogP contribution < -0.4 is 5.43 Å². The second-order valence-electron chi connectivity index (χ2n) is 4.92. The number of thiazole rings is 1. The summed E-state index contributed by atoms with van der Waals surface area (Å²) in [6.45, 7) is 0. The van der Waals surface area contributed by atoms with Gasteiger partial charge in [-0.3, -0.25) is 15.5 Å². The van der Waals surface area contributed by atoms with Crippen molar-refractivity contribution in [2.45, 2.75) is 0 Å². The Labute approximate surface area is 145 Å². The van der Waals surface area contributed by atoms with Crippen molar-refractivity contribution >= 4 is 28.4 Å². The Morgan fingerprint density at radius 1 is 1.28 bits per heavy atom.